The normalized spacial score (nSPS) is 17.7. The maximum absolute atomic E-state index is 11.6. The van der Waals surface area contributed by atoms with Crippen molar-refractivity contribution < 1.29 is 8.42 Å². The Balaban J connectivity index is 0.00000289. The quantitative estimate of drug-likeness (QED) is 0.424. The second-order valence-electron chi connectivity index (χ2n) is 4.26. The predicted octanol–water partition coefficient (Wildman–Crippen LogP) is 0.791. The van der Waals surface area contributed by atoms with Crippen LogP contribution in [0, 0.1) is 0 Å². The average molecular weight is 407 g/mol. The number of sulfone groups is 1. The Labute approximate surface area is 131 Å². The van der Waals surface area contributed by atoms with Crippen molar-refractivity contribution in [1.82, 2.24) is 4.90 Å². The molecule has 0 unspecified atom stereocenters. The summed E-state index contributed by atoms with van der Waals surface area (Å²) in [6.45, 7) is 5.43. The first-order valence-corrected chi connectivity index (χ1v) is 8.64. The van der Waals surface area contributed by atoms with E-state index in [0.29, 0.717) is 5.96 Å². The van der Waals surface area contributed by atoms with Crippen LogP contribution in [0.15, 0.2) is 4.99 Å². The van der Waals surface area contributed by atoms with Gasteiger partial charge in [0.1, 0.15) is 0 Å². The highest BCUT2D eigenvalue weighted by atomic mass is 127. The molecule has 8 heteroatoms. The topological polar surface area (TPSA) is 75.8 Å². The van der Waals surface area contributed by atoms with Gasteiger partial charge in [-0.2, -0.15) is 11.8 Å². The van der Waals surface area contributed by atoms with Crippen molar-refractivity contribution in [3.05, 3.63) is 0 Å². The summed E-state index contributed by atoms with van der Waals surface area (Å²) < 4.78 is 23.1. The van der Waals surface area contributed by atoms with Gasteiger partial charge in [0.25, 0.3) is 0 Å². The highest BCUT2D eigenvalue weighted by molar-refractivity contribution is 14.0. The minimum absolute atomic E-state index is 0. The fourth-order valence-corrected chi connectivity index (χ4v) is 3.14. The van der Waals surface area contributed by atoms with Gasteiger partial charge in [0.05, 0.1) is 17.5 Å². The van der Waals surface area contributed by atoms with Gasteiger partial charge in [-0.25, -0.2) is 8.42 Å². The fraction of sp³-hybridized carbons (Fsp3) is 0.900. The maximum Gasteiger partial charge on any atom is 0.191 e. The number of thioether (sulfide) groups is 1. The van der Waals surface area contributed by atoms with E-state index in [2.05, 4.69) is 4.99 Å². The van der Waals surface area contributed by atoms with E-state index in [-0.39, 0.29) is 41.5 Å². The Morgan fingerprint density at radius 3 is 2.44 bits per heavy atom. The van der Waals surface area contributed by atoms with Gasteiger partial charge in [0.15, 0.2) is 15.8 Å². The number of hydrogen-bond acceptors (Lipinski definition) is 4. The zero-order valence-corrected chi connectivity index (χ0v) is 14.8. The van der Waals surface area contributed by atoms with Crippen LogP contribution >= 0.6 is 35.7 Å². The Kier molecular flexibility index (Phi) is 8.61. The van der Waals surface area contributed by atoms with Crippen molar-refractivity contribution >= 4 is 51.5 Å². The van der Waals surface area contributed by atoms with Gasteiger partial charge >= 0.3 is 0 Å². The molecular weight excluding hydrogens is 385 g/mol. The van der Waals surface area contributed by atoms with E-state index in [1.807, 2.05) is 16.7 Å². The SMILES string of the molecule is CC(C)S(=O)(=O)CCN=C(N)N1CCSCC1.I. The molecule has 1 heterocycles. The fourth-order valence-electron chi connectivity index (χ4n) is 1.42. The third-order valence-corrected chi connectivity index (χ3v) is 5.83. The van der Waals surface area contributed by atoms with Crippen LogP contribution in [0.3, 0.4) is 0 Å². The molecule has 0 amide bonds. The van der Waals surface area contributed by atoms with Crippen LogP contribution in [0.1, 0.15) is 13.8 Å². The highest BCUT2D eigenvalue weighted by Crippen LogP contribution is 2.08. The molecule has 1 fully saturated rings. The number of hydrogen-bond donors (Lipinski definition) is 1. The molecule has 0 aromatic carbocycles. The first-order chi connectivity index (χ1) is 7.93. The average Bonchev–Trinajstić information content (AvgIpc) is 2.29. The van der Waals surface area contributed by atoms with Gasteiger partial charge in [-0.05, 0) is 13.8 Å². The molecule has 1 rings (SSSR count). The summed E-state index contributed by atoms with van der Waals surface area (Å²) in [5.74, 6) is 2.67. The molecule has 0 saturated carbocycles. The summed E-state index contributed by atoms with van der Waals surface area (Å²) in [6, 6.07) is 0. The summed E-state index contributed by atoms with van der Waals surface area (Å²) in [5, 5.41) is -0.342. The molecule has 18 heavy (non-hydrogen) atoms. The van der Waals surface area contributed by atoms with Gasteiger partial charge in [0, 0.05) is 24.6 Å². The molecule has 0 atom stereocenters. The number of nitrogens with two attached hydrogens (primary N) is 1. The molecule has 0 aromatic rings. The minimum atomic E-state index is -3.01. The van der Waals surface area contributed by atoms with Gasteiger partial charge in [-0.15, -0.1) is 24.0 Å². The maximum atomic E-state index is 11.6. The van der Waals surface area contributed by atoms with E-state index in [9.17, 15) is 8.42 Å². The van der Waals surface area contributed by atoms with Crippen molar-refractivity contribution in [3.63, 3.8) is 0 Å². The number of halogens is 1. The van der Waals surface area contributed by atoms with Crippen LogP contribution in [-0.2, 0) is 9.84 Å². The lowest BCUT2D eigenvalue weighted by Gasteiger charge is -2.27. The molecule has 0 bridgehead atoms. The van der Waals surface area contributed by atoms with E-state index >= 15 is 0 Å². The molecule has 0 aliphatic carbocycles. The van der Waals surface area contributed by atoms with E-state index < -0.39 is 9.84 Å². The predicted molar refractivity (Wildman–Crippen MR) is 89.7 cm³/mol. The minimum Gasteiger partial charge on any atom is -0.370 e. The van der Waals surface area contributed by atoms with Gasteiger partial charge in [-0.3, -0.25) is 4.99 Å². The van der Waals surface area contributed by atoms with Crippen molar-refractivity contribution in [2.75, 3.05) is 36.9 Å². The molecule has 5 nitrogen and oxygen atoms in total. The van der Waals surface area contributed by atoms with Crippen molar-refractivity contribution in [2.45, 2.75) is 19.1 Å². The van der Waals surface area contributed by atoms with Gasteiger partial charge < -0.3 is 10.6 Å². The second-order valence-corrected chi connectivity index (χ2v) is 8.16. The van der Waals surface area contributed by atoms with Gasteiger partial charge in [-0.1, -0.05) is 0 Å². The smallest absolute Gasteiger partial charge is 0.191 e. The second kappa shape index (κ2) is 8.47. The summed E-state index contributed by atoms with van der Waals surface area (Å²) in [6.07, 6.45) is 0. The van der Waals surface area contributed by atoms with Gasteiger partial charge in [0.2, 0.25) is 0 Å². The number of rotatable bonds is 4. The zero-order valence-electron chi connectivity index (χ0n) is 10.8. The molecule has 108 valence electrons. The molecule has 0 aromatic heterocycles. The van der Waals surface area contributed by atoms with Crippen LogP contribution < -0.4 is 5.73 Å². The Hall–Kier alpha value is 0.300. The lowest BCUT2D eigenvalue weighted by atomic mass is 10.5. The lowest BCUT2D eigenvalue weighted by Crippen LogP contribution is -2.42. The Morgan fingerprint density at radius 2 is 1.94 bits per heavy atom. The monoisotopic (exact) mass is 407 g/mol. The first kappa shape index (κ1) is 18.3. The van der Waals surface area contributed by atoms with Crippen LogP contribution in [0.5, 0.6) is 0 Å². The lowest BCUT2D eigenvalue weighted by molar-refractivity contribution is 0.456. The number of nitrogens with zero attached hydrogens (tertiary/aromatic N) is 2. The summed E-state index contributed by atoms with van der Waals surface area (Å²) >= 11 is 1.90. The Bertz CT molecular complexity index is 365. The summed E-state index contributed by atoms with van der Waals surface area (Å²) in [7, 11) is -3.01. The summed E-state index contributed by atoms with van der Waals surface area (Å²) in [4.78, 5) is 6.16. The molecule has 0 radical (unpaired) electrons. The van der Waals surface area contributed by atoms with E-state index in [4.69, 9.17) is 5.73 Å². The highest BCUT2D eigenvalue weighted by Gasteiger charge is 2.16. The molecule has 2 N–H and O–H groups in total. The van der Waals surface area contributed by atoms with Crippen LogP contribution in [0.4, 0.5) is 0 Å². The summed E-state index contributed by atoms with van der Waals surface area (Å²) in [5.41, 5.74) is 5.83. The van der Waals surface area contributed by atoms with E-state index in [1.165, 1.54) is 0 Å². The van der Waals surface area contributed by atoms with E-state index in [1.54, 1.807) is 13.8 Å². The molecular formula is C10H22IN3O2S2. The third-order valence-electron chi connectivity index (χ3n) is 2.70. The first-order valence-electron chi connectivity index (χ1n) is 5.77. The molecule has 1 saturated heterocycles. The number of guanidine groups is 1. The molecule has 1 aliphatic rings. The van der Waals surface area contributed by atoms with Crippen molar-refractivity contribution in [2.24, 2.45) is 10.7 Å². The standard InChI is InChI=1S/C10H21N3O2S2.HI/c1-9(2)17(14,15)8-3-12-10(11)13-4-6-16-7-5-13;/h9H,3-8H2,1-2H3,(H2,11,12);1H. The largest absolute Gasteiger partial charge is 0.370 e. The third kappa shape index (κ3) is 5.96. The molecule has 0 spiro atoms. The Morgan fingerprint density at radius 1 is 1.39 bits per heavy atom. The van der Waals surface area contributed by atoms with Crippen LogP contribution in [0.2, 0.25) is 0 Å². The number of aliphatic imine (C=N–C) groups is 1. The van der Waals surface area contributed by atoms with E-state index in [0.717, 1.165) is 24.6 Å². The van der Waals surface area contributed by atoms with Crippen molar-refractivity contribution in [1.29, 1.82) is 0 Å². The molecule has 1 aliphatic heterocycles. The van der Waals surface area contributed by atoms with Crippen molar-refractivity contribution in [3.8, 4) is 0 Å². The van der Waals surface area contributed by atoms with Crippen LogP contribution in [0.25, 0.3) is 0 Å². The van der Waals surface area contributed by atoms with Crippen LogP contribution in [-0.4, -0.2) is 61.4 Å². The zero-order chi connectivity index (χ0) is 12.9.